The predicted molar refractivity (Wildman–Crippen MR) is 68.6 cm³/mol. The van der Waals surface area contributed by atoms with E-state index in [9.17, 15) is 0 Å². The van der Waals surface area contributed by atoms with Crippen molar-refractivity contribution in [2.24, 2.45) is 5.92 Å². The van der Waals surface area contributed by atoms with Crippen LogP contribution in [0.25, 0.3) is 0 Å². The van der Waals surface area contributed by atoms with Crippen molar-refractivity contribution in [3.8, 4) is 0 Å². The standard InChI is InChI=1S/C13H19NS/c1-3-15-13-6-4-5-12(9-13)14-10(2)11-7-8-11/h4-6,9-11,14H,3,7-8H2,1-2H3. The lowest BCUT2D eigenvalue weighted by Crippen LogP contribution is -2.16. The van der Waals surface area contributed by atoms with E-state index in [-0.39, 0.29) is 0 Å². The zero-order valence-electron chi connectivity index (χ0n) is 9.49. The zero-order chi connectivity index (χ0) is 10.7. The third-order valence-electron chi connectivity index (χ3n) is 2.87. The van der Waals surface area contributed by atoms with Crippen LogP contribution in [0.4, 0.5) is 5.69 Å². The van der Waals surface area contributed by atoms with Crippen LogP contribution in [0.5, 0.6) is 0 Å². The van der Waals surface area contributed by atoms with E-state index in [0.717, 1.165) is 11.7 Å². The molecule has 1 aromatic rings. The molecule has 0 saturated heterocycles. The third kappa shape index (κ3) is 3.16. The summed E-state index contributed by atoms with van der Waals surface area (Å²) < 4.78 is 0. The van der Waals surface area contributed by atoms with Crippen LogP contribution in [0.1, 0.15) is 26.7 Å². The molecule has 0 spiro atoms. The molecule has 1 N–H and O–H groups in total. The van der Waals surface area contributed by atoms with Crippen LogP contribution in [0.2, 0.25) is 0 Å². The average molecular weight is 221 g/mol. The second-order valence-corrected chi connectivity index (χ2v) is 5.57. The molecule has 15 heavy (non-hydrogen) atoms. The fourth-order valence-corrected chi connectivity index (χ4v) is 2.54. The van der Waals surface area contributed by atoms with Crippen molar-refractivity contribution in [1.82, 2.24) is 0 Å². The molecule has 1 atom stereocenters. The first kappa shape index (κ1) is 10.9. The summed E-state index contributed by atoms with van der Waals surface area (Å²) in [4.78, 5) is 1.37. The highest BCUT2D eigenvalue weighted by molar-refractivity contribution is 7.99. The van der Waals surface area contributed by atoms with Gasteiger partial charge < -0.3 is 5.32 Å². The molecule has 1 aromatic carbocycles. The summed E-state index contributed by atoms with van der Waals surface area (Å²) >= 11 is 1.90. The van der Waals surface area contributed by atoms with Gasteiger partial charge in [-0.05, 0) is 49.6 Å². The number of nitrogens with one attached hydrogen (secondary N) is 1. The van der Waals surface area contributed by atoms with Crippen molar-refractivity contribution < 1.29 is 0 Å². The van der Waals surface area contributed by atoms with Crippen LogP contribution >= 0.6 is 11.8 Å². The van der Waals surface area contributed by atoms with Crippen LogP contribution in [0.15, 0.2) is 29.2 Å². The molecule has 0 bridgehead atoms. The zero-order valence-corrected chi connectivity index (χ0v) is 10.3. The maximum Gasteiger partial charge on any atom is 0.0353 e. The highest BCUT2D eigenvalue weighted by Crippen LogP contribution is 2.34. The highest BCUT2D eigenvalue weighted by Gasteiger charge is 2.27. The van der Waals surface area contributed by atoms with Crippen molar-refractivity contribution in [3.63, 3.8) is 0 Å². The van der Waals surface area contributed by atoms with Gasteiger partial charge in [-0.1, -0.05) is 13.0 Å². The van der Waals surface area contributed by atoms with Crippen LogP contribution in [0.3, 0.4) is 0 Å². The first-order valence-electron chi connectivity index (χ1n) is 5.79. The lowest BCUT2D eigenvalue weighted by molar-refractivity contribution is 0.694. The SMILES string of the molecule is CCSc1cccc(NC(C)C2CC2)c1. The molecular weight excluding hydrogens is 202 g/mol. The predicted octanol–water partition coefficient (Wildman–Crippen LogP) is 4.01. The summed E-state index contributed by atoms with van der Waals surface area (Å²) in [5.41, 5.74) is 1.27. The van der Waals surface area contributed by atoms with Gasteiger partial charge in [-0.2, -0.15) is 0 Å². The van der Waals surface area contributed by atoms with E-state index in [1.54, 1.807) is 0 Å². The lowest BCUT2D eigenvalue weighted by atomic mass is 10.2. The fraction of sp³-hybridized carbons (Fsp3) is 0.538. The van der Waals surface area contributed by atoms with Crippen molar-refractivity contribution in [2.75, 3.05) is 11.1 Å². The smallest absolute Gasteiger partial charge is 0.0353 e. The normalized spacial score (nSPS) is 17.5. The van der Waals surface area contributed by atoms with Crippen molar-refractivity contribution in [2.45, 2.75) is 37.6 Å². The first-order chi connectivity index (χ1) is 7.29. The summed E-state index contributed by atoms with van der Waals surface area (Å²) in [6, 6.07) is 9.37. The molecule has 1 aliphatic rings. The van der Waals surface area contributed by atoms with Gasteiger partial charge in [0.1, 0.15) is 0 Å². The second kappa shape index (κ2) is 4.93. The summed E-state index contributed by atoms with van der Waals surface area (Å²) in [5.74, 6) is 2.05. The second-order valence-electron chi connectivity index (χ2n) is 4.23. The topological polar surface area (TPSA) is 12.0 Å². The molecule has 1 nitrogen and oxygen atoms in total. The number of benzene rings is 1. The molecule has 0 aromatic heterocycles. The van der Waals surface area contributed by atoms with Crippen LogP contribution in [0, 0.1) is 5.92 Å². The van der Waals surface area contributed by atoms with Gasteiger partial charge in [0.15, 0.2) is 0 Å². The Morgan fingerprint density at radius 3 is 2.93 bits per heavy atom. The van der Waals surface area contributed by atoms with E-state index in [1.165, 1.54) is 23.4 Å². The Balaban J connectivity index is 1.97. The van der Waals surface area contributed by atoms with E-state index >= 15 is 0 Å². The molecule has 1 unspecified atom stereocenters. The van der Waals surface area contributed by atoms with E-state index < -0.39 is 0 Å². The van der Waals surface area contributed by atoms with Crippen LogP contribution in [-0.2, 0) is 0 Å². The van der Waals surface area contributed by atoms with Crippen molar-refractivity contribution in [3.05, 3.63) is 24.3 Å². The van der Waals surface area contributed by atoms with Gasteiger partial charge in [-0.3, -0.25) is 0 Å². The Morgan fingerprint density at radius 1 is 1.47 bits per heavy atom. The lowest BCUT2D eigenvalue weighted by Gasteiger charge is -2.14. The fourth-order valence-electron chi connectivity index (χ4n) is 1.82. The van der Waals surface area contributed by atoms with E-state index in [4.69, 9.17) is 0 Å². The molecule has 0 radical (unpaired) electrons. The Kier molecular flexibility index (Phi) is 3.57. The van der Waals surface area contributed by atoms with Gasteiger partial charge in [-0.25, -0.2) is 0 Å². The van der Waals surface area contributed by atoms with Gasteiger partial charge in [0.05, 0.1) is 0 Å². The molecule has 2 rings (SSSR count). The van der Waals surface area contributed by atoms with Gasteiger partial charge in [0.2, 0.25) is 0 Å². The molecule has 1 aliphatic carbocycles. The molecule has 2 heteroatoms. The molecular formula is C13H19NS. The van der Waals surface area contributed by atoms with Crippen LogP contribution < -0.4 is 5.32 Å². The maximum absolute atomic E-state index is 3.59. The van der Waals surface area contributed by atoms with E-state index in [2.05, 4.69) is 43.4 Å². The van der Waals surface area contributed by atoms with E-state index in [1.807, 2.05) is 11.8 Å². The first-order valence-corrected chi connectivity index (χ1v) is 6.77. The third-order valence-corrected chi connectivity index (χ3v) is 3.74. The summed E-state index contributed by atoms with van der Waals surface area (Å²) in [7, 11) is 0. The summed E-state index contributed by atoms with van der Waals surface area (Å²) in [6.07, 6.45) is 2.80. The largest absolute Gasteiger partial charge is 0.382 e. The molecule has 0 heterocycles. The molecule has 82 valence electrons. The minimum absolute atomic E-state index is 0.631. The van der Waals surface area contributed by atoms with Gasteiger partial charge in [0, 0.05) is 16.6 Å². The molecule has 1 saturated carbocycles. The molecule has 0 amide bonds. The minimum atomic E-state index is 0.631. The van der Waals surface area contributed by atoms with Gasteiger partial charge in [0.25, 0.3) is 0 Å². The number of hydrogen-bond donors (Lipinski definition) is 1. The summed E-state index contributed by atoms with van der Waals surface area (Å²) in [5, 5.41) is 3.59. The average Bonchev–Trinajstić information content (AvgIpc) is 3.01. The van der Waals surface area contributed by atoms with Crippen molar-refractivity contribution in [1.29, 1.82) is 0 Å². The quantitative estimate of drug-likeness (QED) is 0.754. The molecule has 0 aliphatic heterocycles. The Morgan fingerprint density at radius 2 is 2.27 bits per heavy atom. The number of thioether (sulfide) groups is 1. The van der Waals surface area contributed by atoms with Crippen LogP contribution in [-0.4, -0.2) is 11.8 Å². The minimum Gasteiger partial charge on any atom is -0.382 e. The number of rotatable bonds is 5. The molecule has 1 fully saturated rings. The highest BCUT2D eigenvalue weighted by atomic mass is 32.2. The summed E-state index contributed by atoms with van der Waals surface area (Å²) in [6.45, 7) is 4.48. The maximum atomic E-state index is 3.59. The van der Waals surface area contributed by atoms with Crippen molar-refractivity contribution >= 4 is 17.4 Å². The van der Waals surface area contributed by atoms with Gasteiger partial charge >= 0.3 is 0 Å². The Bertz CT molecular complexity index is 320. The van der Waals surface area contributed by atoms with Gasteiger partial charge in [-0.15, -0.1) is 11.8 Å². The Hall–Kier alpha value is -0.630. The van der Waals surface area contributed by atoms with E-state index in [0.29, 0.717) is 6.04 Å². The Labute approximate surface area is 96.7 Å². The number of anilines is 1. The number of hydrogen-bond acceptors (Lipinski definition) is 2. The monoisotopic (exact) mass is 221 g/mol.